The molecule has 182 valence electrons. The van der Waals surface area contributed by atoms with E-state index >= 15 is 0 Å². The van der Waals surface area contributed by atoms with Crippen LogP contribution in [0.4, 0.5) is 5.69 Å². The molecule has 7 heteroatoms. The molecule has 4 aromatic rings. The number of Topliss-reactive ketones (excluding diaryl/α,β-unsaturated/α-hetero) is 1. The zero-order valence-electron chi connectivity index (χ0n) is 20.1. The summed E-state index contributed by atoms with van der Waals surface area (Å²) >= 11 is 0. The number of furan rings is 1. The summed E-state index contributed by atoms with van der Waals surface area (Å²) in [6.45, 7) is 3.85. The number of carbonyl (C=O) groups excluding carboxylic acids is 2. The summed E-state index contributed by atoms with van der Waals surface area (Å²) in [4.78, 5) is 28.5. The van der Waals surface area contributed by atoms with Gasteiger partial charge in [-0.05, 0) is 67.9 Å². The van der Waals surface area contributed by atoms with Gasteiger partial charge in [-0.3, -0.25) is 14.5 Å². The Bertz CT molecular complexity index is 1450. The first-order valence-electron chi connectivity index (χ1n) is 11.6. The SMILES string of the molecule is COc1cccc(C2C(C(=O)c3cc4ccccc4o3)=C(O)C(=O)N2c2ccc(OC(C)C)cc2)c1. The van der Waals surface area contributed by atoms with E-state index < -0.39 is 23.5 Å². The Hall–Kier alpha value is -4.52. The third-order valence-corrected chi connectivity index (χ3v) is 6.00. The quantitative estimate of drug-likeness (QED) is 0.324. The minimum absolute atomic E-state index is 0.00690. The summed E-state index contributed by atoms with van der Waals surface area (Å²) in [7, 11) is 1.54. The van der Waals surface area contributed by atoms with Crippen LogP contribution < -0.4 is 14.4 Å². The Morgan fingerprint density at radius 1 is 0.972 bits per heavy atom. The Kier molecular flexibility index (Phi) is 5.98. The fraction of sp³-hybridized carbons (Fsp3) is 0.172. The Labute approximate surface area is 208 Å². The smallest absolute Gasteiger partial charge is 0.294 e. The Morgan fingerprint density at radius 3 is 2.42 bits per heavy atom. The van der Waals surface area contributed by atoms with Crippen LogP contribution in [0.2, 0.25) is 0 Å². The Balaban J connectivity index is 1.62. The molecule has 1 aliphatic heterocycles. The van der Waals surface area contributed by atoms with Gasteiger partial charge in [0.05, 0.1) is 24.8 Å². The number of methoxy groups -OCH3 is 1. The second-order valence-corrected chi connectivity index (χ2v) is 8.75. The van der Waals surface area contributed by atoms with Crippen molar-refractivity contribution in [2.75, 3.05) is 12.0 Å². The molecule has 1 N–H and O–H groups in total. The van der Waals surface area contributed by atoms with Crippen molar-refractivity contribution in [3.05, 3.63) is 102 Å². The van der Waals surface area contributed by atoms with E-state index in [1.54, 1.807) is 60.7 Å². The van der Waals surface area contributed by atoms with Crippen LogP contribution in [0.5, 0.6) is 11.5 Å². The van der Waals surface area contributed by atoms with Gasteiger partial charge in [0.25, 0.3) is 5.91 Å². The number of amides is 1. The highest BCUT2D eigenvalue weighted by molar-refractivity contribution is 6.20. The van der Waals surface area contributed by atoms with Crippen molar-refractivity contribution in [3.63, 3.8) is 0 Å². The number of para-hydroxylation sites is 1. The molecule has 1 aromatic heterocycles. The van der Waals surface area contributed by atoms with E-state index in [4.69, 9.17) is 13.9 Å². The van der Waals surface area contributed by atoms with Crippen molar-refractivity contribution in [2.45, 2.75) is 26.0 Å². The molecule has 0 aliphatic carbocycles. The number of aliphatic hydroxyl groups is 1. The van der Waals surface area contributed by atoms with E-state index in [2.05, 4.69) is 0 Å². The number of fused-ring (bicyclic) bond motifs is 1. The number of ether oxygens (including phenoxy) is 2. The van der Waals surface area contributed by atoms with Gasteiger partial charge in [0.2, 0.25) is 5.78 Å². The van der Waals surface area contributed by atoms with E-state index in [-0.39, 0.29) is 17.4 Å². The zero-order valence-corrected chi connectivity index (χ0v) is 20.1. The number of hydrogen-bond acceptors (Lipinski definition) is 6. The lowest BCUT2D eigenvalue weighted by atomic mass is 9.94. The normalized spacial score (nSPS) is 15.7. The van der Waals surface area contributed by atoms with Crippen molar-refractivity contribution >= 4 is 28.3 Å². The van der Waals surface area contributed by atoms with Gasteiger partial charge in [-0.15, -0.1) is 0 Å². The van der Waals surface area contributed by atoms with Gasteiger partial charge in [0.1, 0.15) is 17.1 Å². The molecule has 36 heavy (non-hydrogen) atoms. The first-order valence-corrected chi connectivity index (χ1v) is 11.6. The van der Waals surface area contributed by atoms with E-state index in [9.17, 15) is 14.7 Å². The molecule has 1 aliphatic rings. The molecule has 0 bridgehead atoms. The fourth-order valence-electron chi connectivity index (χ4n) is 4.41. The van der Waals surface area contributed by atoms with Crippen LogP contribution in [-0.4, -0.2) is 30.0 Å². The van der Waals surface area contributed by atoms with Crippen LogP contribution in [0.15, 0.2) is 94.6 Å². The maximum atomic E-state index is 13.7. The molecule has 1 amide bonds. The lowest BCUT2D eigenvalue weighted by molar-refractivity contribution is -0.117. The fourth-order valence-corrected chi connectivity index (χ4v) is 4.41. The van der Waals surface area contributed by atoms with Crippen LogP contribution in [-0.2, 0) is 4.79 Å². The Morgan fingerprint density at radius 2 is 1.72 bits per heavy atom. The highest BCUT2D eigenvalue weighted by Gasteiger charge is 2.45. The second-order valence-electron chi connectivity index (χ2n) is 8.75. The van der Waals surface area contributed by atoms with Gasteiger partial charge in [0.15, 0.2) is 11.5 Å². The molecule has 5 rings (SSSR count). The van der Waals surface area contributed by atoms with Gasteiger partial charge in [-0.1, -0.05) is 30.3 Å². The highest BCUT2D eigenvalue weighted by atomic mass is 16.5. The second kappa shape index (κ2) is 9.26. The zero-order chi connectivity index (χ0) is 25.4. The maximum absolute atomic E-state index is 13.7. The summed E-state index contributed by atoms with van der Waals surface area (Å²) in [5.41, 5.74) is 1.59. The molecule has 0 saturated carbocycles. The first-order chi connectivity index (χ1) is 17.4. The summed E-state index contributed by atoms with van der Waals surface area (Å²) < 4.78 is 16.9. The minimum Gasteiger partial charge on any atom is -0.503 e. The molecule has 0 saturated heterocycles. The van der Waals surface area contributed by atoms with Crippen LogP contribution in [0, 0.1) is 0 Å². The van der Waals surface area contributed by atoms with Crippen molar-refractivity contribution in [1.82, 2.24) is 0 Å². The van der Waals surface area contributed by atoms with E-state index in [0.717, 1.165) is 5.39 Å². The first kappa shape index (κ1) is 23.2. The monoisotopic (exact) mass is 483 g/mol. The maximum Gasteiger partial charge on any atom is 0.294 e. The number of hydrogen-bond donors (Lipinski definition) is 1. The number of carbonyl (C=O) groups is 2. The number of benzene rings is 3. The summed E-state index contributed by atoms with van der Waals surface area (Å²) in [6, 6.07) is 22.0. The predicted molar refractivity (Wildman–Crippen MR) is 136 cm³/mol. The molecular weight excluding hydrogens is 458 g/mol. The summed E-state index contributed by atoms with van der Waals surface area (Å²) in [5.74, 6) is -0.611. The molecule has 0 spiro atoms. The number of nitrogens with zero attached hydrogens (tertiary/aromatic N) is 1. The van der Waals surface area contributed by atoms with Gasteiger partial charge < -0.3 is 19.0 Å². The highest BCUT2D eigenvalue weighted by Crippen LogP contribution is 2.43. The predicted octanol–water partition coefficient (Wildman–Crippen LogP) is 6.01. The van der Waals surface area contributed by atoms with Crippen LogP contribution in [0.25, 0.3) is 11.0 Å². The average Bonchev–Trinajstić information content (AvgIpc) is 3.43. The molecule has 0 fully saturated rings. The van der Waals surface area contributed by atoms with Crippen molar-refractivity contribution in [1.29, 1.82) is 0 Å². The number of aliphatic hydroxyl groups excluding tert-OH is 1. The molecular formula is C29H25NO6. The molecule has 0 radical (unpaired) electrons. The molecule has 7 nitrogen and oxygen atoms in total. The van der Waals surface area contributed by atoms with Crippen molar-refractivity contribution in [3.8, 4) is 11.5 Å². The van der Waals surface area contributed by atoms with Gasteiger partial charge in [0, 0.05) is 11.1 Å². The number of ketones is 1. The van der Waals surface area contributed by atoms with E-state index in [1.807, 2.05) is 32.0 Å². The molecule has 1 unspecified atom stereocenters. The number of anilines is 1. The molecule has 2 heterocycles. The van der Waals surface area contributed by atoms with E-state index in [1.165, 1.54) is 12.0 Å². The topological polar surface area (TPSA) is 89.2 Å². The van der Waals surface area contributed by atoms with E-state index in [0.29, 0.717) is 28.3 Å². The van der Waals surface area contributed by atoms with Crippen LogP contribution >= 0.6 is 0 Å². The van der Waals surface area contributed by atoms with Crippen molar-refractivity contribution < 1.29 is 28.6 Å². The van der Waals surface area contributed by atoms with Crippen molar-refractivity contribution in [2.24, 2.45) is 0 Å². The standard InChI is InChI=1S/C29H25NO6/c1-17(2)35-21-13-11-20(12-14-21)30-26(19-8-6-9-22(15-19)34-3)25(28(32)29(30)33)27(31)24-16-18-7-4-5-10-23(18)36-24/h4-17,26,32H,1-3H3. The average molecular weight is 484 g/mol. The third kappa shape index (κ3) is 4.09. The van der Waals surface area contributed by atoms with Gasteiger partial charge in [-0.2, -0.15) is 0 Å². The molecule has 1 atom stereocenters. The van der Waals surface area contributed by atoms with Gasteiger partial charge in [-0.25, -0.2) is 0 Å². The van der Waals surface area contributed by atoms with Gasteiger partial charge >= 0.3 is 0 Å². The van der Waals surface area contributed by atoms with Crippen LogP contribution in [0.1, 0.15) is 36.0 Å². The lowest BCUT2D eigenvalue weighted by Crippen LogP contribution is -2.31. The summed E-state index contributed by atoms with van der Waals surface area (Å²) in [6.07, 6.45) is -0.00690. The van der Waals surface area contributed by atoms with Crippen LogP contribution in [0.3, 0.4) is 0 Å². The molecule has 3 aromatic carbocycles. The number of rotatable bonds is 7. The minimum atomic E-state index is -0.898. The lowest BCUT2D eigenvalue weighted by Gasteiger charge is -2.27. The largest absolute Gasteiger partial charge is 0.503 e. The third-order valence-electron chi connectivity index (χ3n) is 6.00. The summed E-state index contributed by atoms with van der Waals surface area (Å²) in [5, 5.41) is 11.7.